The number of hydrogen-bond acceptors (Lipinski definition) is 6. The molecule has 0 unspecified atom stereocenters. The monoisotopic (exact) mass is 350 g/mol. The Balaban J connectivity index is 2.07. The van der Waals surface area contributed by atoms with Crippen LogP contribution in [0.1, 0.15) is 5.56 Å². The third-order valence-electron chi connectivity index (χ3n) is 3.57. The summed E-state index contributed by atoms with van der Waals surface area (Å²) in [6.45, 7) is 0.742. The van der Waals surface area contributed by atoms with Crippen LogP contribution in [0, 0.1) is 0 Å². The third kappa shape index (κ3) is 2.57. The summed E-state index contributed by atoms with van der Waals surface area (Å²) in [5.41, 5.74) is 1.63. The van der Waals surface area contributed by atoms with Crippen LogP contribution >= 0.6 is 24.0 Å². The molecule has 8 heteroatoms. The number of anilines is 1. The fraction of sp³-hybridized carbons (Fsp3) is 0.267. The van der Waals surface area contributed by atoms with Gasteiger partial charge in [0.2, 0.25) is 0 Å². The fourth-order valence-corrected chi connectivity index (χ4v) is 3.89. The van der Waals surface area contributed by atoms with Crippen molar-refractivity contribution in [2.45, 2.75) is 0 Å². The maximum atomic E-state index is 12.7. The van der Waals surface area contributed by atoms with Gasteiger partial charge < -0.3 is 4.74 Å². The molecule has 0 atom stereocenters. The minimum atomic E-state index is -0.360. The number of thioether (sulfide) groups is 1. The number of benzene rings is 1. The topological polar surface area (TPSA) is 59.1 Å². The number of amides is 2. The average Bonchev–Trinajstić information content (AvgIpc) is 2.98. The largest absolute Gasteiger partial charge is 0.383 e. The summed E-state index contributed by atoms with van der Waals surface area (Å²) in [6, 6.07) is 7.19. The second kappa shape index (κ2) is 6.40. The first-order valence-corrected chi connectivity index (χ1v) is 8.07. The van der Waals surface area contributed by atoms with Crippen LogP contribution in [-0.4, -0.2) is 48.4 Å². The number of hydrogen-bond donors (Lipinski definition) is 0. The van der Waals surface area contributed by atoms with Crippen molar-refractivity contribution >= 4 is 51.4 Å². The minimum Gasteiger partial charge on any atom is -0.383 e. The zero-order chi connectivity index (χ0) is 16.6. The Morgan fingerprint density at radius 1 is 1.17 bits per heavy atom. The number of nitrogens with zero attached hydrogens (tertiary/aromatic N) is 2. The summed E-state index contributed by atoms with van der Waals surface area (Å²) >= 11 is 6.40. The highest BCUT2D eigenvalue weighted by Crippen LogP contribution is 2.44. The molecule has 0 spiro atoms. The van der Waals surface area contributed by atoms with E-state index >= 15 is 0 Å². The number of thiocarbonyl (C=S) groups is 1. The summed E-state index contributed by atoms with van der Waals surface area (Å²) in [7, 11) is 2.98. The average molecular weight is 350 g/mol. The molecule has 6 nitrogen and oxygen atoms in total. The van der Waals surface area contributed by atoms with E-state index in [0.717, 1.165) is 11.8 Å². The molecule has 3 rings (SSSR count). The Morgan fingerprint density at radius 2 is 1.91 bits per heavy atom. The Morgan fingerprint density at radius 3 is 2.61 bits per heavy atom. The van der Waals surface area contributed by atoms with E-state index in [1.54, 1.807) is 19.2 Å². The summed E-state index contributed by atoms with van der Waals surface area (Å²) in [4.78, 5) is 32.2. The molecule has 2 heterocycles. The van der Waals surface area contributed by atoms with E-state index in [0.29, 0.717) is 39.2 Å². The number of ether oxygens (including phenoxy) is 1. The molecule has 1 fully saturated rings. The lowest BCUT2D eigenvalue weighted by molar-refractivity contribution is -0.123. The molecule has 2 amide bonds. The van der Waals surface area contributed by atoms with Crippen LogP contribution in [0.3, 0.4) is 0 Å². The first kappa shape index (κ1) is 16.1. The highest BCUT2D eigenvalue weighted by atomic mass is 32.2. The van der Waals surface area contributed by atoms with Crippen LogP contribution in [0.15, 0.2) is 29.2 Å². The smallest absolute Gasteiger partial charge is 0.284 e. The van der Waals surface area contributed by atoms with Crippen molar-refractivity contribution in [2.75, 3.05) is 32.4 Å². The van der Waals surface area contributed by atoms with Crippen LogP contribution in [0.25, 0.3) is 5.57 Å². The molecule has 1 aromatic rings. The summed E-state index contributed by atoms with van der Waals surface area (Å²) in [5.74, 6) is -0.630. The van der Waals surface area contributed by atoms with E-state index in [9.17, 15) is 9.59 Å². The Kier molecular flexibility index (Phi) is 4.49. The van der Waals surface area contributed by atoms with Gasteiger partial charge in [-0.05, 0) is 6.07 Å². The second-order valence-electron chi connectivity index (χ2n) is 4.82. The van der Waals surface area contributed by atoms with Crippen LogP contribution in [0.2, 0.25) is 0 Å². The number of carbonyl (C=O) groups is 2. The molecular weight excluding hydrogens is 336 g/mol. The van der Waals surface area contributed by atoms with Gasteiger partial charge in [0, 0.05) is 12.7 Å². The van der Waals surface area contributed by atoms with Crippen LogP contribution in [0.5, 0.6) is 0 Å². The molecule has 0 radical (unpaired) electrons. The van der Waals surface area contributed by atoms with E-state index in [1.165, 1.54) is 17.1 Å². The maximum Gasteiger partial charge on any atom is 0.284 e. The Bertz CT molecular complexity index is 732. The number of rotatable bonds is 4. The predicted octanol–water partition coefficient (Wildman–Crippen LogP) is 1.81. The van der Waals surface area contributed by atoms with Crippen molar-refractivity contribution in [3.05, 3.63) is 34.7 Å². The molecule has 0 saturated carbocycles. The highest BCUT2D eigenvalue weighted by Gasteiger charge is 2.42. The van der Waals surface area contributed by atoms with Crippen LogP contribution < -0.4 is 5.06 Å². The van der Waals surface area contributed by atoms with Crippen molar-refractivity contribution in [1.29, 1.82) is 0 Å². The van der Waals surface area contributed by atoms with Crippen molar-refractivity contribution in [1.82, 2.24) is 4.90 Å². The SMILES string of the molecule is COCCN1C(=O)/C(=C2/C(=O)N(OC)c3ccccc32)SC1=S. The molecule has 0 aliphatic carbocycles. The van der Waals surface area contributed by atoms with E-state index in [2.05, 4.69) is 0 Å². The lowest BCUT2D eigenvalue weighted by Gasteiger charge is -2.13. The van der Waals surface area contributed by atoms with Gasteiger partial charge in [0.1, 0.15) is 4.32 Å². The summed E-state index contributed by atoms with van der Waals surface area (Å²) in [5, 5.41) is 1.19. The normalized spacial score (nSPS) is 20.7. The van der Waals surface area contributed by atoms with Crippen molar-refractivity contribution in [2.24, 2.45) is 0 Å². The Hall–Kier alpha value is -1.74. The first-order valence-electron chi connectivity index (χ1n) is 6.85. The van der Waals surface area contributed by atoms with Gasteiger partial charge in [0.05, 0.1) is 36.4 Å². The quantitative estimate of drug-likeness (QED) is 0.610. The molecule has 0 N–H and O–H groups in total. The molecule has 2 aliphatic heterocycles. The molecular formula is C15H14N2O4S2. The van der Waals surface area contributed by atoms with Gasteiger partial charge in [-0.25, -0.2) is 0 Å². The predicted molar refractivity (Wildman–Crippen MR) is 91.6 cm³/mol. The zero-order valence-corrected chi connectivity index (χ0v) is 14.2. The summed E-state index contributed by atoms with van der Waals surface area (Å²) < 4.78 is 5.43. The molecule has 23 heavy (non-hydrogen) atoms. The number of methoxy groups -OCH3 is 1. The number of para-hydroxylation sites is 1. The Labute approximate surface area is 143 Å². The standard InChI is InChI=1S/C15H14N2O4S2/c1-20-8-7-16-14(19)12(23-15(16)22)11-9-5-3-4-6-10(9)17(21-2)13(11)18/h3-6H,7-8H2,1-2H3/b12-11-. The second-order valence-corrected chi connectivity index (χ2v) is 6.47. The van der Waals surface area contributed by atoms with Gasteiger partial charge in [0.25, 0.3) is 11.8 Å². The van der Waals surface area contributed by atoms with Gasteiger partial charge in [0.15, 0.2) is 0 Å². The van der Waals surface area contributed by atoms with Crippen molar-refractivity contribution in [3.63, 3.8) is 0 Å². The fourth-order valence-electron chi connectivity index (χ4n) is 2.51. The number of fused-ring (bicyclic) bond motifs is 1. The molecule has 0 aromatic heterocycles. The summed E-state index contributed by atoms with van der Waals surface area (Å²) in [6.07, 6.45) is 0. The van der Waals surface area contributed by atoms with Gasteiger partial charge in [-0.1, -0.05) is 42.2 Å². The van der Waals surface area contributed by atoms with E-state index in [4.69, 9.17) is 21.8 Å². The molecule has 1 saturated heterocycles. The van der Waals surface area contributed by atoms with Gasteiger partial charge in [-0.2, -0.15) is 5.06 Å². The van der Waals surface area contributed by atoms with E-state index < -0.39 is 0 Å². The maximum absolute atomic E-state index is 12.7. The highest BCUT2D eigenvalue weighted by molar-refractivity contribution is 8.26. The van der Waals surface area contributed by atoms with E-state index in [1.807, 2.05) is 12.1 Å². The van der Waals surface area contributed by atoms with Crippen molar-refractivity contribution < 1.29 is 19.2 Å². The van der Waals surface area contributed by atoms with Gasteiger partial charge in [-0.15, -0.1) is 0 Å². The van der Waals surface area contributed by atoms with Gasteiger partial charge >= 0.3 is 0 Å². The van der Waals surface area contributed by atoms with Crippen molar-refractivity contribution in [3.8, 4) is 0 Å². The first-order chi connectivity index (χ1) is 11.1. The molecule has 2 aliphatic rings. The van der Waals surface area contributed by atoms with Crippen LogP contribution in [-0.2, 0) is 19.2 Å². The third-order valence-corrected chi connectivity index (χ3v) is 5.02. The number of hydroxylamine groups is 1. The molecule has 120 valence electrons. The minimum absolute atomic E-state index is 0.270. The lowest BCUT2D eigenvalue weighted by Crippen LogP contribution is -2.32. The number of carbonyl (C=O) groups excluding carboxylic acids is 2. The molecule has 0 bridgehead atoms. The van der Waals surface area contributed by atoms with Crippen LogP contribution in [0.4, 0.5) is 5.69 Å². The van der Waals surface area contributed by atoms with E-state index in [-0.39, 0.29) is 11.8 Å². The lowest BCUT2D eigenvalue weighted by atomic mass is 10.1. The zero-order valence-electron chi connectivity index (χ0n) is 12.6. The molecule has 1 aromatic carbocycles. The van der Waals surface area contributed by atoms with Gasteiger partial charge in [-0.3, -0.25) is 19.3 Å².